The molecular formula is C18H29NO5. The lowest BCUT2D eigenvalue weighted by Gasteiger charge is -2.51. The van der Waals surface area contributed by atoms with Gasteiger partial charge in [-0.15, -0.1) is 0 Å². The quantitative estimate of drug-likeness (QED) is 0.794. The summed E-state index contributed by atoms with van der Waals surface area (Å²) < 4.78 is 18.0. The summed E-state index contributed by atoms with van der Waals surface area (Å²) in [6.07, 6.45) is 6.87. The van der Waals surface area contributed by atoms with Crippen molar-refractivity contribution in [2.45, 2.75) is 75.6 Å². The summed E-state index contributed by atoms with van der Waals surface area (Å²) in [6.45, 7) is 3.40. The third-order valence-electron chi connectivity index (χ3n) is 7.56. The zero-order chi connectivity index (χ0) is 16.6. The molecule has 5 fully saturated rings. The number of aliphatic hydroxyl groups is 1. The van der Waals surface area contributed by atoms with E-state index in [4.69, 9.17) is 19.0 Å². The van der Waals surface area contributed by atoms with Gasteiger partial charge in [0.1, 0.15) is 11.8 Å². The lowest BCUT2D eigenvalue weighted by molar-refractivity contribution is -0.326. The molecule has 1 N–H and O–H groups in total. The summed E-state index contributed by atoms with van der Waals surface area (Å²) in [7, 11) is 1.63. The summed E-state index contributed by atoms with van der Waals surface area (Å²) >= 11 is 0. The molecule has 3 saturated heterocycles. The minimum absolute atomic E-state index is 0.00361. The molecule has 2 spiro atoms. The SMILES string of the molecule is COCON1CCCC23C4CC(C)CC2OC(O)(C4)C32CCC1O2. The third kappa shape index (κ3) is 1.72. The molecule has 0 radical (unpaired) electrons. The number of rotatable bonds is 3. The van der Waals surface area contributed by atoms with Crippen molar-refractivity contribution >= 4 is 0 Å². The van der Waals surface area contributed by atoms with E-state index in [1.165, 1.54) is 6.42 Å². The van der Waals surface area contributed by atoms with Crippen LogP contribution in [0.3, 0.4) is 0 Å². The number of hydrogen-bond donors (Lipinski definition) is 1. The van der Waals surface area contributed by atoms with Gasteiger partial charge in [0.05, 0.1) is 6.10 Å². The zero-order valence-corrected chi connectivity index (χ0v) is 14.7. The normalized spacial score (nSPS) is 56.1. The Morgan fingerprint density at radius 3 is 2.92 bits per heavy atom. The molecule has 6 nitrogen and oxygen atoms in total. The van der Waals surface area contributed by atoms with Crippen molar-refractivity contribution in [2.75, 3.05) is 20.4 Å². The Kier molecular flexibility index (Phi) is 3.42. The number of nitrogens with zero attached hydrogens (tertiary/aromatic N) is 1. The van der Waals surface area contributed by atoms with Crippen LogP contribution in [0.15, 0.2) is 0 Å². The molecule has 0 aromatic heterocycles. The maximum atomic E-state index is 11.4. The van der Waals surface area contributed by atoms with E-state index in [1.54, 1.807) is 7.11 Å². The summed E-state index contributed by atoms with van der Waals surface area (Å²) in [6, 6.07) is 0. The van der Waals surface area contributed by atoms with E-state index in [2.05, 4.69) is 6.92 Å². The number of fused-ring (bicyclic) bond motifs is 1. The zero-order valence-electron chi connectivity index (χ0n) is 14.7. The van der Waals surface area contributed by atoms with Crippen LogP contribution in [-0.2, 0) is 19.0 Å². The van der Waals surface area contributed by atoms with Gasteiger partial charge in [0.2, 0.25) is 0 Å². The fourth-order valence-electron chi connectivity index (χ4n) is 6.90. The van der Waals surface area contributed by atoms with Crippen LogP contribution in [0.25, 0.3) is 0 Å². The van der Waals surface area contributed by atoms with E-state index >= 15 is 0 Å². The van der Waals surface area contributed by atoms with Crippen molar-refractivity contribution in [3.8, 4) is 0 Å². The molecule has 2 aliphatic carbocycles. The molecule has 3 heterocycles. The number of ether oxygens (including phenoxy) is 3. The molecule has 2 saturated carbocycles. The van der Waals surface area contributed by atoms with Crippen molar-refractivity contribution in [3.63, 3.8) is 0 Å². The van der Waals surface area contributed by atoms with Crippen LogP contribution in [0.1, 0.15) is 51.9 Å². The van der Waals surface area contributed by atoms with Crippen LogP contribution in [0.5, 0.6) is 0 Å². The second-order valence-electron chi connectivity index (χ2n) is 8.63. The van der Waals surface area contributed by atoms with Crippen LogP contribution < -0.4 is 0 Å². The molecule has 0 amide bonds. The fourth-order valence-corrected chi connectivity index (χ4v) is 6.90. The van der Waals surface area contributed by atoms with Crippen molar-refractivity contribution in [1.29, 1.82) is 0 Å². The second kappa shape index (κ2) is 5.15. The number of hydrogen-bond acceptors (Lipinski definition) is 6. The molecule has 136 valence electrons. The summed E-state index contributed by atoms with van der Waals surface area (Å²) in [5.74, 6) is 0.0892. The van der Waals surface area contributed by atoms with Gasteiger partial charge in [-0.3, -0.25) is 4.84 Å². The summed E-state index contributed by atoms with van der Waals surface area (Å²) in [4.78, 5) is 5.74. The van der Waals surface area contributed by atoms with E-state index in [9.17, 15) is 5.11 Å². The minimum Gasteiger partial charge on any atom is -0.363 e. The number of hydroxylamine groups is 2. The molecule has 0 aromatic carbocycles. The molecule has 6 heteroatoms. The Bertz CT molecular complexity index is 512. The molecule has 0 aromatic rings. The maximum absolute atomic E-state index is 11.4. The average Bonchev–Trinajstić information content (AvgIpc) is 3.10. The van der Waals surface area contributed by atoms with E-state index in [-0.39, 0.29) is 24.5 Å². The number of methoxy groups -OCH3 is 1. The summed E-state index contributed by atoms with van der Waals surface area (Å²) in [5, 5.41) is 13.4. The smallest absolute Gasteiger partial charge is 0.196 e. The first-order valence-corrected chi connectivity index (χ1v) is 9.51. The maximum Gasteiger partial charge on any atom is 0.196 e. The molecule has 4 bridgehead atoms. The molecule has 24 heavy (non-hydrogen) atoms. The highest BCUT2D eigenvalue weighted by molar-refractivity contribution is 5.27. The molecular weight excluding hydrogens is 310 g/mol. The molecule has 3 aliphatic heterocycles. The highest BCUT2D eigenvalue weighted by atomic mass is 16.8. The van der Waals surface area contributed by atoms with E-state index < -0.39 is 11.4 Å². The van der Waals surface area contributed by atoms with Crippen LogP contribution in [-0.4, -0.2) is 54.3 Å². The van der Waals surface area contributed by atoms with Gasteiger partial charge in [0.25, 0.3) is 0 Å². The Labute approximate surface area is 143 Å². The largest absolute Gasteiger partial charge is 0.363 e. The lowest BCUT2D eigenvalue weighted by atomic mass is 9.56. The molecule has 7 atom stereocenters. The second-order valence-corrected chi connectivity index (χ2v) is 8.63. The van der Waals surface area contributed by atoms with Gasteiger partial charge < -0.3 is 19.3 Å². The Morgan fingerprint density at radius 2 is 2.12 bits per heavy atom. The van der Waals surface area contributed by atoms with E-state index in [0.717, 1.165) is 45.1 Å². The standard InChI is InChI=1S/C18H29NO5/c1-12-8-13-10-18(20)17-6-4-15(24-17)19(22-11-21-2)7-3-5-16(13,17)14(9-12)23-18/h12-15,20H,3-11H2,1-2H3. The van der Waals surface area contributed by atoms with Crippen LogP contribution in [0.4, 0.5) is 0 Å². The van der Waals surface area contributed by atoms with Crippen molar-refractivity contribution in [2.24, 2.45) is 17.3 Å². The van der Waals surface area contributed by atoms with Gasteiger partial charge in [0, 0.05) is 25.5 Å². The summed E-state index contributed by atoms with van der Waals surface area (Å²) in [5.41, 5.74) is -0.550. The Morgan fingerprint density at radius 1 is 1.25 bits per heavy atom. The highest BCUT2D eigenvalue weighted by Crippen LogP contribution is 2.75. The van der Waals surface area contributed by atoms with Gasteiger partial charge in [-0.05, 0) is 50.4 Å². The van der Waals surface area contributed by atoms with Crippen molar-refractivity contribution in [1.82, 2.24) is 5.06 Å². The minimum atomic E-state index is -1.11. The first-order chi connectivity index (χ1) is 11.5. The molecule has 7 unspecified atom stereocenters. The Balaban J connectivity index is 1.52. The molecule has 5 aliphatic rings. The first-order valence-electron chi connectivity index (χ1n) is 9.51. The Hall–Kier alpha value is -0.240. The van der Waals surface area contributed by atoms with Gasteiger partial charge >= 0.3 is 0 Å². The van der Waals surface area contributed by atoms with Gasteiger partial charge in [0.15, 0.2) is 12.6 Å². The van der Waals surface area contributed by atoms with Crippen LogP contribution >= 0.6 is 0 Å². The van der Waals surface area contributed by atoms with Gasteiger partial charge in [-0.25, -0.2) is 0 Å². The van der Waals surface area contributed by atoms with Gasteiger partial charge in [-0.2, -0.15) is 5.06 Å². The topological polar surface area (TPSA) is 60.4 Å². The third-order valence-corrected chi connectivity index (χ3v) is 7.56. The van der Waals surface area contributed by atoms with Crippen molar-refractivity contribution < 1.29 is 24.2 Å². The predicted octanol–water partition coefficient (Wildman–Crippen LogP) is 2.02. The van der Waals surface area contributed by atoms with E-state index in [1.807, 2.05) is 5.06 Å². The molecule has 5 rings (SSSR count). The first kappa shape index (κ1) is 16.0. The average molecular weight is 339 g/mol. The van der Waals surface area contributed by atoms with Crippen LogP contribution in [0.2, 0.25) is 0 Å². The lowest BCUT2D eigenvalue weighted by Crippen LogP contribution is -2.58. The van der Waals surface area contributed by atoms with E-state index in [0.29, 0.717) is 11.8 Å². The fraction of sp³-hybridized carbons (Fsp3) is 1.00. The monoisotopic (exact) mass is 339 g/mol. The predicted molar refractivity (Wildman–Crippen MR) is 84.5 cm³/mol. The van der Waals surface area contributed by atoms with Gasteiger partial charge in [-0.1, -0.05) is 6.92 Å². The van der Waals surface area contributed by atoms with Crippen LogP contribution in [0, 0.1) is 17.3 Å². The highest BCUT2D eigenvalue weighted by Gasteiger charge is 2.83. The van der Waals surface area contributed by atoms with Crippen molar-refractivity contribution in [3.05, 3.63) is 0 Å².